The van der Waals surface area contributed by atoms with Crippen LogP contribution in [0.4, 0.5) is 34.6 Å². The topological polar surface area (TPSA) is 161 Å². The van der Waals surface area contributed by atoms with Gasteiger partial charge in [-0.2, -0.15) is 20.2 Å². The lowest BCUT2D eigenvalue weighted by atomic mass is 9.66. The standard InChI is InChI=1S/C39H23N7S2.C33H19N7S2/c1-2-8-24(9-3-1)35-42-36(44-37(43-35)31-11-6-7-20-40-31)25-13-15-26(16-14-25)46-32-12-5-4-10-27(32)39(30-17-21-41-45-38(30)46)28-18-22-47-33(28)34-29(39)19-23-48-34;1-2-8-20(9-3-1)29-36-30(25-11-6-7-16-34-25)38-32(37-29)40-26-12-5-4-10-21(26)33(24-13-17-35-39-31(24)40)22-14-18-41-27(22)28-23(33)15-19-42-28/h1-23H;1-19H. The molecule has 2 aliphatic carbocycles. The van der Waals surface area contributed by atoms with Gasteiger partial charge in [0.2, 0.25) is 5.95 Å². The van der Waals surface area contributed by atoms with Gasteiger partial charge in [-0.15, -0.1) is 55.5 Å². The molecule has 0 saturated heterocycles. The van der Waals surface area contributed by atoms with E-state index in [0.717, 1.165) is 56.3 Å². The number of thiophene rings is 4. The molecule has 0 bridgehead atoms. The van der Waals surface area contributed by atoms with Crippen LogP contribution in [-0.4, -0.2) is 60.3 Å². The first-order chi connectivity index (χ1) is 44.6. The first-order valence-corrected chi connectivity index (χ1v) is 32.5. The Morgan fingerprint density at radius 1 is 0.289 bits per heavy atom. The van der Waals surface area contributed by atoms with E-state index in [4.69, 9.17) is 40.1 Å². The van der Waals surface area contributed by atoms with E-state index in [1.807, 2.05) is 131 Å². The maximum atomic E-state index is 5.05. The van der Waals surface area contributed by atoms with Gasteiger partial charge in [-0.25, -0.2) is 19.9 Å². The minimum atomic E-state index is -0.512. The van der Waals surface area contributed by atoms with Gasteiger partial charge in [0.15, 0.2) is 40.8 Å². The number of anilines is 6. The normalized spacial score (nSPS) is 13.7. The third-order valence-corrected chi connectivity index (χ3v) is 21.1. The second-order valence-corrected chi connectivity index (χ2v) is 25.4. The van der Waals surface area contributed by atoms with Crippen LogP contribution in [-0.2, 0) is 10.8 Å². The Morgan fingerprint density at radius 3 is 1.16 bits per heavy atom. The van der Waals surface area contributed by atoms with E-state index in [1.165, 1.54) is 47.3 Å². The summed E-state index contributed by atoms with van der Waals surface area (Å²) in [7, 11) is 0. The second-order valence-electron chi connectivity index (χ2n) is 21.7. The van der Waals surface area contributed by atoms with Gasteiger partial charge in [-0.3, -0.25) is 19.8 Å². The molecule has 15 aromatic rings. The zero-order chi connectivity index (χ0) is 59.3. The molecule has 0 saturated carbocycles. The Hall–Kier alpha value is -11.0. The van der Waals surface area contributed by atoms with Crippen molar-refractivity contribution in [1.29, 1.82) is 0 Å². The predicted octanol–water partition coefficient (Wildman–Crippen LogP) is 17.0. The number of aromatic nitrogens is 12. The smallest absolute Gasteiger partial charge is 0.240 e. The van der Waals surface area contributed by atoms with E-state index in [1.54, 1.807) is 41.3 Å². The third kappa shape index (κ3) is 7.78. The molecular weight excluding hydrogens is 1190 g/mol. The average Bonchev–Trinajstić information content (AvgIpc) is 1.47. The number of fused-ring (bicyclic) bond motifs is 18. The van der Waals surface area contributed by atoms with Gasteiger partial charge < -0.3 is 0 Å². The van der Waals surface area contributed by atoms with Crippen LogP contribution in [0.3, 0.4) is 0 Å². The van der Waals surface area contributed by atoms with Crippen LogP contribution in [0.25, 0.3) is 76.7 Å². The Bertz CT molecular complexity index is 4950. The summed E-state index contributed by atoms with van der Waals surface area (Å²) in [5, 5.41) is 27.2. The van der Waals surface area contributed by atoms with Crippen LogP contribution < -0.4 is 9.80 Å². The molecule has 0 amide bonds. The lowest BCUT2D eigenvalue weighted by Crippen LogP contribution is -2.37. The number of nitrogens with zero attached hydrogens (tertiary/aromatic N) is 14. The van der Waals surface area contributed by atoms with Crippen LogP contribution in [0.15, 0.2) is 253 Å². The summed E-state index contributed by atoms with van der Waals surface area (Å²) in [5.74, 6) is 4.74. The number of benzene rings is 5. The van der Waals surface area contributed by atoms with E-state index in [-0.39, 0.29) is 0 Å². The molecule has 14 nitrogen and oxygen atoms in total. The van der Waals surface area contributed by atoms with E-state index in [9.17, 15) is 0 Å². The average molecular weight is 1230 g/mol. The largest absolute Gasteiger partial charge is 0.293 e. The highest BCUT2D eigenvalue weighted by atomic mass is 32.1. The van der Waals surface area contributed by atoms with Gasteiger partial charge in [-0.05, 0) is 152 Å². The number of rotatable bonds is 7. The van der Waals surface area contributed by atoms with E-state index in [0.29, 0.717) is 52.3 Å². The Morgan fingerprint density at radius 2 is 0.678 bits per heavy atom. The minimum absolute atomic E-state index is 0.455. The molecule has 0 N–H and O–H groups in total. The highest BCUT2D eigenvalue weighted by molar-refractivity contribution is 7.21. The quantitative estimate of drug-likeness (QED) is 0.148. The van der Waals surface area contributed by atoms with Gasteiger partial charge in [0, 0.05) is 65.4 Å². The summed E-state index contributed by atoms with van der Waals surface area (Å²) >= 11 is 7.21. The van der Waals surface area contributed by atoms with Crippen molar-refractivity contribution in [3.8, 4) is 76.7 Å². The molecule has 2 spiro atoms. The fourth-order valence-electron chi connectivity index (χ4n) is 13.5. The molecule has 19 rings (SSSR count). The molecule has 0 fully saturated rings. The molecule has 2 aliphatic heterocycles. The molecule has 5 aromatic carbocycles. The predicted molar refractivity (Wildman–Crippen MR) is 356 cm³/mol. The third-order valence-electron chi connectivity index (χ3n) is 17.1. The highest BCUT2D eigenvalue weighted by Gasteiger charge is 2.55. The number of hydrogen-bond acceptors (Lipinski definition) is 18. The van der Waals surface area contributed by atoms with Crippen LogP contribution in [0.5, 0.6) is 0 Å². The zero-order valence-corrected chi connectivity index (χ0v) is 50.4. The summed E-state index contributed by atoms with van der Waals surface area (Å²) < 4.78 is 0. The second kappa shape index (κ2) is 20.8. The summed E-state index contributed by atoms with van der Waals surface area (Å²) in [5.41, 5.74) is 15.9. The number of hydrogen-bond donors (Lipinski definition) is 0. The van der Waals surface area contributed by atoms with Crippen LogP contribution in [0.1, 0.15) is 44.5 Å². The first-order valence-electron chi connectivity index (χ1n) is 29.0. The van der Waals surface area contributed by atoms with E-state index < -0.39 is 10.8 Å². The fraction of sp³-hybridized carbons (Fsp3) is 0.0278. The monoisotopic (exact) mass is 1230 g/mol. The van der Waals surface area contributed by atoms with Crippen molar-refractivity contribution < 1.29 is 0 Å². The van der Waals surface area contributed by atoms with Crippen molar-refractivity contribution in [2.45, 2.75) is 10.8 Å². The van der Waals surface area contributed by atoms with E-state index in [2.05, 4.69) is 156 Å². The van der Waals surface area contributed by atoms with Crippen LogP contribution in [0, 0.1) is 0 Å². The SMILES string of the molecule is c1ccc(-c2nc(-c3ccc(N4c5ccccc5C5(c6ccnnc64)c4ccsc4-c4sccc45)cc3)nc(-c3ccccn3)n2)cc1.c1ccc(-c2nc(-c3ccccn3)nc(N3c4ccccc4C4(c5ccnnc53)c3ccsc3-c3sccc34)n2)cc1. The Balaban J connectivity index is 0.000000135. The summed E-state index contributed by atoms with van der Waals surface area (Å²) in [4.78, 5) is 48.1. The molecule has 18 heteroatoms. The number of pyridine rings is 2. The van der Waals surface area contributed by atoms with E-state index >= 15 is 0 Å². The Kier molecular flexibility index (Phi) is 12.1. The maximum Gasteiger partial charge on any atom is 0.240 e. The van der Waals surface area contributed by atoms with Crippen LogP contribution >= 0.6 is 45.3 Å². The highest BCUT2D eigenvalue weighted by Crippen LogP contribution is 2.67. The molecule has 4 aliphatic rings. The Labute approximate surface area is 531 Å². The summed E-state index contributed by atoms with van der Waals surface area (Å²) in [6.07, 6.45) is 7.10. The van der Waals surface area contributed by atoms with Crippen molar-refractivity contribution in [1.82, 2.24) is 60.3 Å². The number of para-hydroxylation sites is 2. The molecule has 90 heavy (non-hydrogen) atoms. The van der Waals surface area contributed by atoms with Crippen molar-refractivity contribution in [2.24, 2.45) is 0 Å². The van der Waals surface area contributed by atoms with Gasteiger partial charge in [0.25, 0.3) is 0 Å². The van der Waals surface area contributed by atoms with Gasteiger partial charge in [0.05, 0.1) is 34.6 Å². The molecule has 0 radical (unpaired) electrons. The van der Waals surface area contributed by atoms with Crippen molar-refractivity contribution >= 4 is 80.0 Å². The minimum Gasteiger partial charge on any atom is -0.293 e. The molecule has 10 aromatic heterocycles. The van der Waals surface area contributed by atoms with Gasteiger partial charge in [-0.1, -0.05) is 109 Å². The van der Waals surface area contributed by atoms with Gasteiger partial charge >= 0.3 is 0 Å². The molecule has 0 unspecified atom stereocenters. The summed E-state index contributed by atoms with van der Waals surface area (Å²) in [6, 6.07) is 70.3. The summed E-state index contributed by atoms with van der Waals surface area (Å²) in [6.45, 7) is 0. The molecule has 0 atom stereocenters. The molecule has 12 heterocycles. The van der Waals surface area contributed by atoms with Crippen molar-refractivity contribution in [3.05, 3.63) is 297 Å². The lowest BCUT2D eigenvalue weighted by Gasteiger charge is -2.43. The lowest BCUT2D eigenvalue weighted by molar-refractivity contribution is 0.733. The zero-order valence-electron chi connectivity index (χ0n) is 47.1. The van der Waals surface area contributed by atoms with Crippen molar-refractivity contribution in [3.63, 3.8) is 0 Å². The molecular formula is C72H42N14S4. The first kappa shape index (κ1) is 52.1. The van der Waals surface area contributed by atoms with Gasteiger partial charge in [0.1, 0.15) is 11.4 Å². The molecule has 424 valence electrons. The fourth-order valence-corrected chi connectivity index (χ4v) is 17.7. The van der Waals surface area contributed by atoms with Crippen LogP contribution in [0.2, 0.25) is 0 Å². The van der Waals surface area contributed by atoms with Crippen molar-refractivity contribution in [2.75, 3.05) is 9.80 Å². The maximum absolute atomic E-state index is 5.05.